The van der Waals surface area contributed by atoms with Crippen LogP contribution in [0.4, 0.5) is 0 Å². The smallest absolute Gasteiger partial charge is 0.274 e. The molecule has 3 aromatic rings. The molecule has 2 heterocycles. The standard InChI is InChI=1S/C28H31N5O3/c1-18-7-9-20(10-8-18)14-29-25(34)23-24-26(35)33(22-11-12-22)28(3,16-32(24)17-31-23)27(36)30-15-21-6-4-5-19(2)13-21/h4-10,13,17,22H,11-12,14-16H2,1-3H3,(H,29,34)(H,30,36)/t28-/m1/s1. The average Bonchev–Trinajstić information content (AvgIpc) is 3.59. The van der Waals surface area contributed by atoms with E-state index in [1.165, 1.54) is 6.33 Å². The quantitative estimate of drug-likeness (QED) is 0.538. The van der Waals surface area contributed by atoms with E-state index in [9.17, 15) is 14.4 Å². The normalized spacial score (nSPS) is 19.1. The van der Waals surface area contributed by atoms with E-state index >= 15 is 0 Å². The summed E-state index contributed by atoms with van der Waals surface area (Å²) in [7, 11) is 0. The lowest BCUT2D eigenvalue weighted by Crippen LogP contribution is -2.64. The predicted molar refractivity (Wildman–Crippen MR) is 135 cm³/mol. The highest BCUT2D eigenvalue weighted by Gasteiger charge is 2.53. The molecule has 0 radical (unpaired) electrons. The average molecular weight is 486 g/mol. The zero-order valence-electron chi connectivity index (χ0n) is 20.9. The van der Waals surface area contributed by atoms with Gasteiger partial charge in [0, 0.05) is 19.1 Å². The molecule has 5 rings (SSSR count). The lowest BCUT2D eigenvalue weighted by Gasteiger charge is -2.44. The van der Waals surface area contributed by atoms with Gasteiger partial charge >= 0.3 is 0 Å². The summed E-state index contributed by atoms with van der Waals surface area (Å²) in [5, 5.41) is 5.90. The second kappa shape index (κ2) is 9.26. The number of fused-ring (bicyclic) bond motifs is 1. The summed E-state index contributed by atoms with van der Waals surface area (Å²) in [6.45, 7) is 6.78. The van der Waals surface area contributed by atoms with E-state index in [0.29, 0.717) is 13.1 Å². The lowest BCUT2D eigenvalue weighted by molar-refractivity contribution is -0.133. The molecule has 186 valence electrons. The lowest BCUT2D eigenvalue weighted by atomic mass is 9.93. The van der Waals surface area contributed by atoms with Gasteiger partial charge in [-0.2, -0.15) is 0 Å². The third-order valence-corrected chi connectivity index (χ3v) is 6.99. The molecule has 36 heavy (non-hydrogen) atoms. The van der Waals surface area contributed by atoms with Crippen molar-refractivity contribution >= 4 is 17.7 Å². The molecule has 2 aliphatic rings. The Kier molecular flexibility index (Phi) is 6.12. The van der Waals surface area contributed by atoms with Gasteiger partial charge in [0.05, 0.1) is 12.9 Å². The van der Waals surface area contributed by atoms with E-state index in [2.05, 4.69) is 15.6 Å². The fourth-order valence-electron chi connectivity index (χ4n) is 4.89. The van der Waals surface area contributed by atoms with Gasteiger partial charge in [0.25, 0.3) is 11.8 Å². The number of aromatic nitrogens is 2. The van der Waals surface area contributed by atoms with Crippen LogP contribution in [0.15, 0.2) is 54.9 Å². The summed E-state index contributed by atoms with van der Waals surface area (Å²) in [6.07, 6.45) is 3.18. The Morgan fingerprint density at radius 2 is 1.72 bits per heavy atom. The molecule has 1 atom stereocenters. The monoisotopic (exact) mass is 485 g/mol. The Bertz CT molecular complexity index is 1330. The van der Waals surface area contributed by atoms with E-state index in [4.69, 9.17) is 0 Å². The summed E-state index contributed by atoms with van der Waals surface area (Å²) in [4.78, 5) is 46.2. The Morgan fingerprint density at radius 1 is 1.00 bits per heavy atom. The van der Waals surface area contributed by atoms with Crippen LogP contribution in [-0.4, -0.2) is 43.8 Å². The molecule has 1 fully saturated rings. The highest BCUT2D eigenvalue weighted by molar-refractivity contribution is 6.07. The molecule has 0 spiro atoms. The summed E-state index contributed by atoms with van der Waals surface area (Å²) in [5.41, 5.74) is 3.49. The fraction of sp³-hybridized carbons (Fsp3) is 0.357. The Labute approximate surface area is 210 Å². The SMILES string of the molecule is Cc1ccc(CNC(=O)c2ncn3c2C(=O)N(C2CC2)[C@@](C)(C(=O)NCc2cccc(C)c2)C3)cc1. The van der Waals surface area contributed by atoms with Crippen LogP contribution >= 0.6 is 0 Å². The topological polar surface area (TPSA) is 96.3 Å². The molecule has 0 bridgehead atoms. The number of nitrogens with zero attached hydrogens (tertiary/aromatic N) is 3. The number of hydrogen-bond donors (Lipinski definition) is 2. The van der Waals surface area contributed by atoms with Crippen LogP contribution < -0.4 is 10.6 Å². The van der Waals surface area contributed by atoms with E-state index < -0.39 is 11.4 Å². The third-order valence-electron chi connectivity index (χ3n) is 6.99. The third kappa shape index (κ3) is 4.51. The Balaban J connectivity index is 1.35. The second-order valence-corrected chi connectivity index (χ2v) is 10.1. The van der Waals surface area contributed by atoms with Crippen LogP contribution in [0, 0.1) is 13.8 Å². The molecule has 0 unspecified atom stereocenters. The first kappa shape index (κ1) is 23.8. The highest BCUT2D eigenvalue weighted by Crippen LogP contribution is 2.38. The molecule has 3 amide bonds. The van der Waals surface area contributed by atoms with Crippen molar-refractivity contribution < 1.29 is 14.4 Å². The van der Waals surface area contributed by atoms with Gasteiger partial charge in [0.15, 0.2) is 5.69 Å². The fourth-order valence-corrected chi connectivity index (χ4v) is 4.89. The van der Waals surface area contributed by atoms with Crippen molar-refractivity contribution in [1.82, 2.24) is 25.1 Å². The second-order valence-electron chi connectivity index (χ2n) is 10.1. The van der Waals surface area contributed by atoms with E-state index in [1.54, 1.807) is 16.4 Å². The summed E-state index contributed by atoms with van der Waals surface area (Å²) in [6, 6.07) is 15.8. The van der Waals surface area contributed by atoms with Crippen molar-refractivity contribution in [1.29, 1.82) is 0 Å². The van der Waals surface area contributed by atoms with Gasteiger partial charge in [-0.1, -0.05) is 59.7 Å². The molecule has 1 aliphatic carbocycles. The number of hydrogen-bond acceptors (Lipinski definition) is 4. The molecular weight excluding hydrogens is 454 g/mol. The number of benzene rings is 2. The van der Waals surface area contributed by atoms with Crippen molar-refractivity contribution in [2.24, 2.45) is 0 Å². The van der Waals surface area contributed by atoms with Gasteiger partial charge in [0.2, 0.25) is 5.91 Å². The van der Waals surface area contributed by atoms with Crippen molar-refractivity contribution in [3.63, 3.8) is 0 Å². The van der Waals surface area contributed by atoms with Gasteiger partial charge in [0.1, 0.15) is 11.2 Å². The maximum Gasteiger partial charge on any atom is 0.274 e. The van der Waals surface area contributed by atoms with Crippen LogP contribution in [0.3, 0.4) is 0 Å². The molecule has 1 aromatic heterocycles. The summed E-state index contributed by atoms with van der Waals surface area (Å²) >= 11 is 0. The maximum atomic E-state index is 13.7. The molecule has 2 N–H and O–H groups in total. The highest BCUT2D eigenvalue weighted by atomic mass is 16.2. The van der Waals surface area contributed by atoms with Crippen LogP contribution in [0.5, 0.6) is 0 Å². The van der Waals surface area contributed by atoms with Crippen LogP contribution in [0.25, 0.3) is 0 Å². The molecule has 1 aliphatic heterocycles. The Hall–Kier alpha value is -3.94. The number of nitrogens with one attached hydrogen (secondary N) is 2. The molecule has 0 saturated heterocycles. The molecule has 2 aromatic carbocycles. The molecular formula is C28H31N5O3. The van der Waals surface area contributed by atoms with E-state index in [1.807, 2.05) is 62.4 Å². The van der Waals surface area contributed by atoms with Gasteiger partial charge in [-0.05, 0) is 44.7 Å². The van der Waals surface area contributed by atoms with Gasteiger partial charge in [-0.15, -0.1) is 0 Å². The van der Waals surface area contributed by atoms with Crippen molar-refractivity contribution in [3.8, 4) is 0 Å². The first-order valence-corrected chi connectivity index (χ1v) is 12.3. The van der Waals surface area contributed by atoms with Crippen LogP contribution in [0.2, 0.25) is 0 Å². The van der Waals surface area contributed by atoms with Crippen molar-refractivity contribution in [2.75, 3.05) is 0 Å². The zero-order chi connectivity index (χ0) is 25.4. The zero-order valence-corrected chi connectivity index (χ0v) is 20.9. The number of amides is 3. The molecule has 1 saturated carbocycles. The van der Waals surface area contributed by atoms with E-state index in [-0.39, 0.29) is 35.8 Å². The molecule has 8 heteroatoms. The minimum Gasteiger partial charge on any atom is -0.350 e. The number of carbonyl (C=O) groups excluding carboxylic acids is 3. The minimum atomic E-state index is -1.08. The van der Waals surface area contributed by atoms with Crippen LogP contribution in [-0.2, 0) is 24.4 Å². The van der Waals surface area contributed by atoms with Gasteiger partial charge in [-0.25, -0.2) is 4.98 Å². The summed E-state index contributed by atoms with van der Waals surface area (Å²) in [5.74, 6) is -0.940. The minimum absolute atomic E-state index is 0.0145. The summed E-state index contributed by atoms with van der Waals surface area (Å²) < 4.78 is 1.65. The number of rotatable bonds is 7. The van der Waals surface area contributed by atoms with E-state index in [0.717, 1.165) is 35.1 Å². The number of aryl methyl sites for hydroxylation is 2. The predicted octanol–water partition coefficient (Wildman–Crippen LogP) is 3.12. The van der Waals surface area contributed by atoms with Gasteiger partial charge in [-0.3, -0.25) is 14.4 Å². The molecule has 8 nitrogen and oxygen atoms in total. The van der Waals surface area contributed by atoms with Gasteiger partial charge < -0.3 is 20.1 Å². The largest absolute Gasteiger partial charge is 0.350 e. The van der Waals surface area contributed by atoms with Crippen LogP contribution in [0.1, 0.15) is 63.0 Å². The first-order chi connectivity index (χ1) is 17.3. The van der Waals surface area contributed by atoms with Crippen molar-refractivity contribution in [2.45, 2.75) is 64.8 Å². The first-order valence-electron chi connectivity index (χ1n) is 12.3. The Morgan fingerprint density at radius 3 is 2.42 bits per heavy atom. The maximum absolute atomic E-state index is 13.7. The van der Waals surface area contributed by atoms with Crippen molar-refractivity contribution in [3.05, 3.63) is 88.5 Å². The number of imidazole rings is 1. The number of carbonyl (C=O) groups is 3.